The highest BCUT2D eigenvalue weighted by molar-refractivity contribution is 5.79. The highest BCUT2D eigenvalue weighted by Gasteiger charge is 2.34. The Morgan fingerprint density at radius 3 is 2.50 bits per heavy atom. The molecule has 1 unspecified atom stereocenters. The van der Waals surface area contributed by atoms with Gasteiger partial charge in [0.1, 0.15) is 11.5 Å². The molecule has 1 aliphatic rings. The average molecular weight is 436 g/mol. The molecule has 2 aromatic carbocycles. The van der Waals surface area contributed by atoms with Crippen molar-refractivity contribution in [3.63, 3.8) is 0 Å². The van der Waals surface area contributed by atoms with Crippen molar-refractivity contribution in [3.05, 3.63) is 60.0 Å². The quantitative estimate of drug-likeness (QED) is 0.479. The van der Waals surface area contributed by atoms with E-state index in [9.17, 15) is 4.79 Å². The lowest BCUT2D eigenvalue weighted by Crippen LogP contribution is -2.24. The van der Waals surface area contributed by atoms with Gasteiger partial charge in [0.15, 0.2) is 0 Å². The maximum absolute atomic E-state index is 12.6. The van der Waals surface area contributed by atoms with E-state index < -0.39 is 0 Å². The number of carbonyl (C=O) groups excluding carboxylic acids is 1. The summed E-state index contributed by atoms with van der Waals surface area (Å²) in [5.74, 6) is 2.67. The number of carbonyl (C=O) groups is 1. The number of benzene rings is 2. The maximum atomic E-state index is 12.6. The van der Waals surface area contributed by atoms with Crippen molar-refractivity contribution in [1.29, 1.82) is 0 Å². The fraction of sp³-hybridized carbons (Fsp3) is 0.400. The first-order valence-corrected chi connectivity index (χ1v) is 11.1. The van der Waals surface area contributed by atoms with Crippen LogP contribution in [-0.4, -0.2) is 40.2 Å². The second-order valence-corrected chi connectivity index (χ2v) is 8.31. The number of likely N-dealkylation sites (tertiary alicyclic amines) is 1. The smallest absolute Gasteiger partial charge is 0.232 e. The van der Waals surface area contributed by atoms with Crippen molar-refractivity contribution in [2.24, 2.45) is 0 Å². The van der Waals surface area contributed by atoms with Gasteiger partial charge in [0, 0.05) is 25.1 Å². The Balaban J connectivity index is 1.37. The zero-order valence-electron chi connectivity index (χ0n) is 18.8. The minimum absolute atomic E-state index is 0.0937. The summed E-state index contributed by atoms with van der Waals surface area (Å²) in [6, 6.07) is 15.5. The second-order valence-electron chi connectivity index (χ2n) is 8.31. The molecule has 3 aromatic rings. The number of nitrogens with zero attached hydrogens (tertiary/aromatic N) is 3. The molecule has 0 saturated carbocycles. The Morgan fingerprint density at radius 1 is 1.09 bits per heavy atom. The predicted molar refractivity (Wildman–Crippen MR) is 121 cm³/mol. The third kappa shape index (κ3) is 5.28. The summed E-state index contributed by atoms with van der Waals surface area (Å²) in [5.41, 5.74) is 1.92. The molecular formula is C25H29N3O4. The number of hydrogen-bond donors (Lipinski definition) is 0. The van der Waals surface area contributed by atoms with E-state index in [-0.39, 0.29) is 17.9 Å². The minimum Gasteiger partial charge on any atom is -0.494 e. The fourth-order valence-electron chi connectivity index (χ4n) is 3.69. The molecule has 0 N–H and O–H groups in total. The number of hydrogen-bond acceptors (Lipinski definition) is 6. The summed E-state index contributed by atoms with van der Waals surface area (Å²) in [6.07, 6.45) is 1.47. The Labute approximate surface area is 188 Å². The summed E-state index contributed by atoms with van der Waals surface area (Å²) in [4.78, 5) is 19.0. The molecule has 0 bridgehead atoms. The lowest BCUT2D eigenvalue weighted by Gasteiger charge is -2.16. The second kappa shape index (κ2) is 9.85. The van der Waals surface area contributed by atoms with Crippen molar-refractivity contribution >= 4 is 5.91 Å². The molecule has 32 heavy (non-hydrogen) atoms. The molecule has 0 radical (unpaired) electrons. The van der Waals surface area contributed by atoms with Gasteiger partial charge < -0.3 is 18.9 Å². The first kappa shape index (κ1) is 21.9. The van der Waals surface area contributed by atoms with E-state index in [1.165, 1.54) is 0 Å². The number of aromatic nitrogens is 2. The van der Waals surface area contributed by atoms with Crippen LogP contribution in [-0.2, 0) is 11.3 Å². The zero-order valence-corrected chi connectivity index (χ0v) is 18.8. The van der Waals surface area contributed by atoms with Crippen LogP contribution < -0.4 is 9.47 Å². The van der Waals surface area contributed by atoms with Crippen LogP contribution in [0.4, 0.5) is 0 Å². The van der Waals surface area contributed by atoms with Gasteiger partial charge in [0.05, 0.1) is 18.6 Å². The van der Waals surface area contributed by atoms with E-state index in [2.05, 4.69) is 17.1 Å². The molecule has 1 aromatic heterocycles. The monoisotopic (exact) mass is 435 g/mol. The third-order valence-corrected chi connectivity index (χ3v) is 5.26. The summed E-state index contributed by atoms with van der Waals surface area (Å²) < 4.78 is 16.8. The lowest BCUT2D eigenvalue weighted by molar-refractivity contribution is -0.128. The SMILES string of the molecule is CCCOc1ccc(CN2CC(c3nc(-c4ccc(OC(C)C)cc4)no3)CC2=O)cc1. The Morgan fingerprint density at radius 2 is 1.81 bits per heavy atom. The predicted octanol–water partition coefficient (Wildman–Crippen LogP) is 4.83. The van der Waals surface area contributed by atoms with Crippen molar-refractivity contribution < 1.29 is 18.8 Å². The van der Waals surface area contributed by atoms with Gasteiger partial charge in [0.2, 0.25) is 17.6 Å². The van der Waals surface area contributed by atoms with Gasteiger partial charge in [-0.05, 0) is 62.2 Å². The van der Waals surface area contributed by atoms with Crippen molar-refractivity contribution in [2.75, 3.05) is 13.2 Å². The van der Waals surface area contributed by atoms with E-state index in [0.717, 1.165) is 29.0 Å². The summed E-state index contributed by atoms with van der Waals surface area (Å²) in [5, 5.41) is 4.12. The van der Waals surface area contributed by atoms with Gasteiger partial charge >= 0.3 is 0 Å². The van der Waals surface area contributed by atoms with Crippen molar-refractivity contribution in [3.8, 4) is 22.9 Å². The van der Waals surface area contributed by atoms with Gasteiger partial charge in [-0.15, -0.1) is 0 Å². The molecule has 4 rings (SSSR count). The van der Waals surface area contributed by atoms with Crippen molar-refractivity contribution in [2.45, 2.75) is 52.2 Å². The van der Waals surface area contributed by atoms with Gasteiger partial charge in [0.25, 0.3) is 0 Å². The molecule has 1 fully saturated rings. The van der Waals surface area contributed by atoms with E-state index in [0.29, 0.717) is 37.8 Å². The van der Waals surface area contributed by atoms with Gasteiger partial charge in [-0.25, -0.2) is 0 Å². The Bertz CT molecular complexity index is 1030. The van der Waals surface area contributed by atoms with Gasteiger partial charge in [-0.2, -0.15) is 4.98 Å². The largest absolute Gasteiger partial charge is 0.494 e. The van der Waals surface area contributed by atoms with Crippen LogP contribution in [0, 0.1) is 0 Å². The van der Waals surface area contributed by atoms with Crippen molar-refractivity contribution in [1.82, 2.24) is 15.0 Å². The molecular weight excluding hydrogens is 406 g/mol. The first-order valence-electron chi connectivity index (χ1n) is 11.1. The zero-order chi connectivity index (χ0) is 22.5. The van der Waals surface area contributed by atoms with E-state index in [1.54, 1.807) is 0 Å². The molecule has 0 aliphatic carbocycles. The molecule has 168 valence electrons. The Hall–Kier alpha value is -3.35. The molecule has 7 nitrogen and oxygen atoms in total. The van der Waals surface area contributed by atoms with Crippen LogP contribution >= 0.6 is 0 Å². The molecule has 1 amide bonds. The highest BCUT2D eigenvalue weighted by Crippen LogP contribution is 2.30. The van der Waals surface area contributed by atoms with Gasteiger partial charge in [-0.1, -0.05) is 24.2 Å². The van der Waals surface area contributed by atoms with Crippen LogP contribution in [0.15, 0.2) is 53.1 Å². The molecule has 1 atom stereocenters. The lowest BCUT2D eigenvalue weighted by atomic mass is 10.1. The number of rotatable bonds is 9. The fourth-order valence-corrected chi connectivity index (χ4v) is 3.69. The van der Waals surface area contributed by atoms with Crippen LogP contribution in [0.1, 0.15) is 51.0 Å². The molecule has 1 aliphatic heterocycles. The van der Waals surface area contributed by atoms with Crippen LogP contribution in [0.5, 0.6) is 11.5 Å². The van der Waals surface area contributed by atoms with Crippen LogP contribution in [0.3, 0.4) is 0 Å². The first-order chi connectivity index (χ1) is 15.5. The number of amides is 1. The average Bonchev–Trinajstić information content (AvgIpc) is 3.41. The standard InChI is InChI=1S/C25H29N3O4/c1-4-13-30-21-9-5-18(6-10-21)15-28-16-20(14-23(28)29)25-26-24(27-32-25)19-7-11-22(12-8-19)31-17(2)3/h5-12,17,20H,4,13-16H2,1-3H3. The van der Waals surface area contributed by atoms with E-state index in [4.69, 9.17) is 14.0 Å². The topological polar surface area (TPSA) is 77.7 Å². The van der Waals surface area contributed by atoms with Gasteiger partial charge in [-0.3, -0.25) is 4.79 Å². The molecule has 0 spiro atoms. The summed E-state index contributed by atoms with van der Waals surface area (Å²) in [6.45, 7) is 7.88. The number of ether oxygens (including phenoxy) is 2. The molecule has 7 heteroatoms. The highest BCUT2D eigenvalue weighted by atomic mass is 16.5. The summed E-state index contributed by atoms with van der Waals surface area (Å²) >= 11 is 0. The van der Waals surface area contributed by atoms with Crippen LogP contribution in [0.25, 0.3) is 11.4 Å². The maximum Gasteiger partial charge on any atom is 0.232 e. The van der Waals surface area contributed by atoms with E-state index >= 15 is 0 Å². The van der Waals surface area contributed by atoms with Crippen LogP contribution in [0.2, 0.25) is 0 Å². The minimum atomic E-state index is -0.0977. The Kier molecular flexibility index (Phi) is 6.73. The third-order valence-electron chi connectivity index (χ3n) is 5.26. The normalized spacial score (nSPS) is 16.1. The molecule has 1 saturated heterocycles. The molecule has 2 heterocycles. The summed E-state index contributed by atoms with van der Waals surface area (Å²) in [7, 11) is 0. The van der Waals surface area contributed by atoms with E-state index in [1.807, 2.05) is 67.3 Å².